The standard InChI is InChI=1S/C16H29/c1-3-5-7-9-11-13-15-16-14-12-10-8-6-4-2/h10,12,14,16H,1,3-9,11,13,15H2,2H3/b12-10-,16-14+. The van der Waals surface area contributed by atoms with E-state index >= 15 is 0 Å². The lowest BCUT2D eigenvalue weighted by Crippen LogP contribution is -1.77. The average Bonchev–Trinajstić information content (AvgIpc) is 2.31. The molecule has 1 radical (unpaired) electrons. The summed E-state index contributed by atoms with van der Waals surface area (Å²) in [6.07, 6.45) is 21.9. The van der Waals surface area contributed by atoms with E-state index in [2.05, 4.69) is 38.2 Å². The van der Waals surface area contributed by atoms with Crippen LogP contribution in [-0.4, -0.2) is 0 Å². The van der Waals surface area contributed by atoms with Crippen molar-refractivity contribution in [3.05, 3.63) is 31.2 Å². The van der Waals surface area contributed by atoms with E-state index in [1.807, 2.05) is 0 Å². The molecule has 0 bridgehead atoms. The lowest BCUT2D eigenvalue weighted by Gasteiger charge is -1.97. The van der Waals surface area contributed by atoms with Crippen molar-refractivity contribution in [2.45, 2.75) is 71.1 Å². The third-order valence-corrected chi connectivity index (χ3v) is 2.73. The van der Waals surface area contributed by atoms with Crippen LogP contribution in [0, 0.1) is 6.92 Å². The molecule has 0 nitrogen and oxygen atoms in total. The van der Waals surface area contributed by atoms with Gasteiger partial charge in [0.1, 0.15) is 0 Å². The number of rotatable bonds is 11. The molecule has 0 spiro atoms. The van der Waals surface area contributed by atoms with E-state index in [9.17, 15) is 0 Å². The Morgan fingerprint density at radius 2 is 1.31 bits per heavy atom. The van der Waals surface area contributed by atoms with Gasteiger partial charge in [0.05, 0.1) is 0 Å². The fourth-order valence-corrected chi connectivity index (χ4v) is 1.64. The summed E-state index contributed by atoms with van der Waals surface area (Å²) in [5, 5.41) is 0. The number of allylic oxidation sites excluding steroid dienone is 4. The van der Waals surface area contributed by atoms with E-state index in [0.717, 1.165) is 6.42 Å². The van der Waals surface area contributed by atoms with Gasteiger partial charge in [-0.2, -0.15) is 0 Å². The summed E-state index contributed by atoms with van der Waals surface area (Å²) < 4.78 is 0. The molecule has 0 aliphatic heterocycles. The molecule has 0 fully saturated rings. The zero-order chi connectivity index (χ0) is 11.9. The molecule has 0 rings (SSSR count). The van der Waals surface area contributed by atoms with E-state index in [4.69, 9.17) is 0 Å². The highest BCUT2D eigenvalue weighted by molar-refractivity contribution is 5.02. The Balaban J connectivity index is 3.12. The average molecular weight is 221 g/mol. The van der Waals surface area contributed by atoms with Gasteiger partial charge in [0, 0.05) is 0 Å². The second kappa shape index (κ2) is 14.5. The number of hydrogen-bond acceptors (Lipinski definition) is 0. The number of hydrogen-bond donors (Lipinski definition) is 0. The normalized spacial score (nSPS) is 11.9. The fourth-order valence-electron chi connectivity index (χ4n) is 1.64. The number of unbranched alkanes of at least 4 members (excludes halogenated alkanes) is 8. The van der Waals surface area contributed by atoms with Crippen LogP contribution in [0.4, 0.5) is 0 Å². The van der Waals surface area contributed by atoms with Gasteiger partial charge in [-0.1, -0.05) is 83.1 Å². The Bertz CT molecular complexity index is 165. The van der Waals surface area contributed by atoms with Gasteiger partial charge in [0.2, 0.25) is 0 Å². The summed E-state index contributed by atoms with van der Waals surface area (Å²) in [5.74, 6) is 0. The molecule has 0 unspecified atom stereocenters. The lowest BCUT2D eigenvalue weighted by atomic mass is 10.1. The third kappa shape index (κ3) is 13.5. The van der Waals surface area contributed by atoms with Crippen LogP contribution in [0.5, 0.6) is 0 Å². The summed E-state index contributed by atoms with van der Waals surface area (Å²) in [6, 6.07) is 0. The van der Waals surface area contributed by atoms with E-state index < -0.39 is 0 Å². The van der Waals surface area contributed by atoms with E-state index in [1.54, 1.807) is 0 Å². The molecule has 0 aliphatic rings. The van der Waals surface area contributed by atoms with Crippen molar-refractivity contribution in [3.63, 3.8) is 0 Å². The van der Waals surface area contributed by atoms with E-state index in [1.165, 1.54) is 57.8 Å². The van der Waals surface area contributed by atoms with Crippen LogP contribution in [0.25, 0.3) is 0 Å². The third-order valence-electron chi connectivity index (χ3n) is 2.73. The summed E-state index contributed by atoms with van der Waals surface area (Å²) in [5.41, 5.74) is 0. The molecule has 0 heteroatoms. The molecule has 0 N–H and O–H groups in total. The van der Waals surface area contributed by atoms with Gasteiger partial charge in [0.25, 0.3) is 0 Å². The van der Waals surface area contributed by atoms with Crippen molar-refractivity contribution in [2.24, 2.45) is 0 Å². The van der Waals surface area contributed by atoms with E-state index in [0.29, 0.717) is 0 Å². The highest BCUT2D eigenvalue weighted by atomic mass is 13.9. The van der Waals surface area contributed by atoms with Gasteiger partial charge < -0.3 is 0 Å². The minimum atomic E-state index is 1.10. The molecular weight excluding hydrogens is 192 g/mol. The zero-order valence-corrected chi connectivity index (χ0v) is 11.1. The predicted octanol–water partition coefficient (Wildman–Crippen LogP) is 5.85. The summed E-state index contributed by atoms with van der Waals surface area (Å²) >= 11 is 0. The first-order valence-corrected chi connectivity index (χ1v) is 7.02. The Labute approximate surface area is 103 Å². The highest BCUT2D eigenvalue weighted by Gasteiger charge is 1.87. The summed E-state index contributed by atoms with van der Waals surface area (Å²) in [4.78, 5) is 0. The van der Waals surface area contributed by atoms with Gasteiger partial charge in [-0.25, -0.2) is 0 Å². The first-order chi connectivity index (χ1) is 7.91. The minimum absolute atomic E-state index is 1.10. The first-order valence-electron chi connectivity index (χ1n) is 7.02. The molecule has 0 aliphatic carbocycles. The minimum Gasteiger partial charge on any atom is -0.0845 e. The van der Waals surface area contributed by atoms with Crippen molar-refractivity contribution in [3.8, 4) is 0 Å². The predicted molar refractivity (Wildman–Crippen MR) is 75.5 cm³/mol. The van der Waals surface area contributed by atoms with Crippen molar-refractivity contribution in [1.82, 2.24) is 0 Å². The monoisotopic (exact) mass is 221 g/mol. The SMILES string of the molecule is [CH2]CCCCCCC/C=C/C=C\CCCC. The second-order valence-corrected chi connectivity index (χ2v) is 4.41. The molecule has 0 aromatic carbocycles. The fraction of sp³-hybridized carbons (Fsp3) is 0.688. The van der Waals surface area contributed by atoms with Crippen LogP contribution in [-0.2, 0) is 0 Å². The quantitative estimate of drug-likeness (QED) is 0.303. The smallest absolute Gasteiger partial charge is 0.0348 e. The van der Waals surface area contributed by atoms with E-state index in [-0.39, 0.29) is 0 Å². The topological polar surface area (TPSA) is 0 Å². The van der Waals surface area contributed by atoms with Gasteiger partial charge in [-0.3, -0.25) is 0 Å². The highest BCUT2D eigenvalue weighted by Crippen LogP contribution is 2.07. The van der Waals surface area contributed by atoms with Gasteiger partial charge in [-0.15, -0.1) is 0 Å². The molecule has 0 aromatic heterocycles. The Hall–Kier alpha value is -0.520. The van der Waals surface area contributed by atoms with Crippen LogP contribution >= 0.6 is 0 Å². The molecule has 16 heavy (non-hydrogen) atoms. The lowest BCUT2D eigenvalue weighted by molar-refractivity contribution is 0.621. The van der Waals surface area contributed by atoms with Crippen molar-refractivity contribution in [2.75, 3.05) is 0 Å². The van der Waals surface area contributed by atoms with Crippen LogP contribution in [0.1, 0.15) is 71.1 Å². The molecule has 0 amide bonds. The molecule has 93 valence electrons. The van der Waals surface area contributed by atoms with Crippen LogP contribution in [0.15, 0.2) is 24.3 Å². The Morgan fingerprint density at radius 1 is 0.750 bits per heavy atom. The van der Waals surface area contributed by atoms with Gasteiger partial charge in [0.15, 0.2) is 0 Å². The van der Waals surface area contributed by atoms with Crippen molar-refractivity contribution < 1.29 is 0 Å². The molecule has 0 saturated heterocycles. The van der Waals surface area contributed by atoms with Crippen molar-refractivity contribution >= 4 is 0 Å². The van der Waals surface area contributed by atoms with Gasteiger partial charge in [-0.05, 0) is 19.3 Å². The largest absolute Gasteiger partial charge is 0.0845 e. The molecule has 0 saturated carbocycles. The van der Waals surface area contributed by atoms with Crippen molar-refractivity contribution in [1.29, 1.82) is 0 Å². The summed E-state index contributed by atoms with van der Waals surface area (Å²) in [7, 11) is 0. The molecule has 0 atom stereocenters. The maximum atomic E-state index is 3.86. The van der Waals surface area contributed by atoms with Crippen LogP contribution < -0.4 is 0 Å². The molecular formula is C16H29. The van der Waals surface area contributed by atoms with Gasteiger partial charge >= 0.3 is 0 Å². The second-order valence-electron chi connectivity index (χ2n) is 4.41. The Morgan fingerprint density at radius 3 is 1.94 bits per heavy atom. The summed E-state index contributed by atoms with van der Waals surface area (Å²) in [6.45, 7) is 6.09. The molecule has 0 aromatic rings. The molecule has 0 heterocycles. The Kier molecular flexibility index (Phi) is 14.0. The maximum absolute atomic E-state index is 3.86. The zero-order valence-electron chi connectivity index (χ0n) is 11.1. The first kappa shape index (κ1) is 15.5. The van der Waals surface area contributed by atoms with Crippen LogP contribution in [0.3, 0.4) is 0 Å². The van der Waals surface area contributed by atoms with Crippen LogP contribution in [0.2, 0.25) is 0 Å². The maximum Gasteiger partial charge on any atom is -0.0348 e.